The molecule has 0 bridgehead atoms. The summed E-state index contributed by atoms with van der Waals surface area (Å²) in [4.78, 5) is 26.0. The molecule has 142 valence electrons. The highest BCUT2D eigenvalue weighted by molar-refractivity contribution is 7.89. The summed E-state index contributed by atoms with van der Waals surface area (Å²) in [5.74, 6) is -0.288. The molecule has 1 aromatic rings. The van der Waals surface area contributed by atoms with E-state index in [1.54, 1.807) is 13.8 Å². The van der Waals surface area contributed by atoms with E-state index in [0.717, 1.165) is 0 Å². The van der Waals surface area contributed by atoms with Crippen LogP contribution in [0.5, 0.6) is 0 Å². The molecule has 3 rings (SSSR count). The van der Waals surface area contributed by atoms with Crippen LogP contribution in [0.1, 0.15) is 26.7 Å². The topological polar surface area (TPSA) is 86.8 Å². The van der Waals surface area contributed by atoms with Crippen molar-refractivity contribution < 1.29 is 18.0 Å². The lowest BCUT2D eigenvalue weighted by Gasteiger charge is -2.36. The molecule has 1 aromatic carbocycles. The molecule has 0 aliphatic carbocycles. The van der Waals surface area contributed by atoms with E-state index in [4.69, 9.17) is 23.2 Å². The molecular formula is C16H19Cl2N3O4S. The zero-order valence-corrected chi connectivity index (χ0v) is 16.7. The number of carbonyl (C=O) groups is 2. The third kappa shape index (κ3) is 3.09. The van der Waals surface area contributed by atoms with Crippen molar-refractivity contribution in [3.05, 3.63) is 28.2 Å². The third-order valence-corrected chi connectivity index (χ3v) is 7.45. The van der Waals surface area contributed by atoms with Gasteiger partial charge in [0, 0.05) is 19.1 Å². The van der Waals surface area contributed by atoms with Crippen molar-refractivity contribution >= 4 is 45.2 Å². The monoisotopic (exact) mass is 419 g/mol. The van der Waals surface area contributed by atoms with Gasteiger partial charge >= 0.3 is 6.03 Å². The Hall–Kier alpha value is -1.35. The average molecular weight is 420 g/mol. The quantitative estimate of drug-likeness (QED) is 0.762. The zero-order chi connectivity index (χ0) is 19.3. The van der Waals surface area contributed by atoms with E-state index in [1.807, 2.05) is 0 Å². The third-order valence-electron chi connectivity index (χ3n) is 4.81. The molecule has 26 heavy (non-hydrogen) atoms. The largest absolute Gasteiger partial charge is 0.325 e. The summed E-state index contributed by atoms with van der Waals surface area (Å²) in [6.45, 7) is 3.78. The standard InChI is InChI=1S/C16H19Cl2N3O4S/c1-10(2)21-14(22)16(19-15(21)23)5-7-20(8-6-16)26(24,25)11-3-4-12(17)13(18)9-11/h3-4,9-10H,5-8H2,1-2H3,(H,19,23). The Morgan fingerprint density at radius 3 is 2.23 bits per heavy atom. The first-order chi connectivity index (χ1) is 12.1. The number of urea groups is 1. The maximum atomic E-state index is 12.8. The van der Waals surface area contributed by atoms with Gasteiger partial charge < -0.3 is 5.32 Å². The maximum absolute atomic E-state index is 12.8. The molecule has 2 saturated heterocycles. The summed E-state index contributed by atoms with van der Waals surface area (Å²) in [7, 11) is -3.76. The second kappa shape index (κ2) is 6.67. The number of rotatable bonds is 3. The average Bonchev–Trinajstić information content (AvgIpc) is 2.80. The van der Waals surface area contributed by atoms with Gasteiger partial charge in [-0.05, 0) is 44.9 Å². The van der Waals surface area contributed by atoms with Crippen LogP contribution in [0.2, 0.25) is 10.0 Å². The Balaban J connectivity index is 1.79. The number of hydrogen-bond donors (Lipinski definition) is 1. The van der Waals surface area contributed by atoms with E-state index in [-0.39, 0.29) is 52.8 Å². The number of carbonyl (C=O) groups excluding carboxylic acids is 2. The van der Waals surface area contributed by atoms with Gasteiger partial charge in [0.05, 0.1) is 14.9 Å². The van der Waals surface area contributed by atoms with Crippen LogP contribution >= 0.6 is 23.2 Å². The molecule has 7 nitrogen and oxygen atoms in total. The first-order valence-electron chi connectivity index (χ1n) is 8.19. The number of imide groups is 1. The number of nitrogens with one attached hydrogen (secondary N) is 1. The zero-order valence-electron chi connectivity index (χ0n) is 14.3. The smallest absolute Gasteiger partial charge is 0.323 e. The minimum absolute atomic E-state index is 0.0495. The predicted molar refractivity (Wildman–Crippen MR) is 97.7 cm³/mol. The Bertz CT molecular complexity index is 864. The van der Waals surface area contributed by atoms with E-state index in [9.17, 15) is 18.0 Å². The second-order valence-corrected chi connectivity index (χ2v) is 9.51. The maximum Gasteiger partial charge on any atom is 0.325 e. The molecule has 0 atom stereocenters. The predicted octanol–water partition coefficient (Wildman–Crippen LogP) is 2.48. The molecule has 0 unspecified atom stereocenters. The highest BCUT2D eigenvalue weighted by atomic mass is 35.5. The molecule has 2 heterocycles. The summed E-state index contributed by atoms with van der Waals surface area (Å²) >= 11 is 11.8. The van der Waals surface area contributed by atoms with Gasteiger partial charge in [-0.2, -0.15) is 4.31 Å². The fourth-order valence-electron chi connectivity index (χ4n) is 3.34. The van der Waals surface area contributed by atoms with Crippen LogP contribution in [0.4, 0.5) is 4.79 Å². The molecule has 0 saturated carbocycles. The van der Waals surface area contributed by atoms with Crippen LogP contribution < -0.4 is 5.32 Å². The van der Waals surface area contributed by atoms with Crippen molar-refractivity contribution in [1.29, 1.82) is 0 Å². The summed E-state index contributed by atoms with van der Waals surface area (Å²) in [6, 6.07) is 3.47. The van der Waals surface area contributed by atoms with Crippen LogP contribution in [0.25, 0.3) is 0 Å². The number of piperidine rings is 1. The van der Waals surface area contributed by atoms with Crippen molar-refractivity contribution in [2.45, 2.75) is 43.2 Å². The van der Waals surface area contributed by atoms with Gasteiger partial charge in [0.1, 0.15) is 5.54 Å². The fraction of sp³-hybridized carbons (Fsp3) is 0.500. The summed E-state index contributed by atoms with van der Waals surface area (Å²) in [5, 5.41) is 3.19. The van der Waals surface area contributed by atoms with Gasteiger partial charge in [-0.3, -0.25) is 9.69 Å². The molecule has 0 aromatic heterocycles. The molecule has 1 spiro atoms. The summed E-state index contributed by atoms with van der Waals surface area (Å²) in [5.41, 5.74) is -1.02. The van der Waals surface area contributed by atoms with Gasteiger partial charge in [0.15, 0.2) is 0 Å². The summed E-state index contributed by atoms with van der Waals surface area (Å²) < 4.78 is 26.9. The molecular weight excluding hydrogens is 401 g/mol. The minimum Gasteiger partial charge on any atom is -0.323 e. The Morgan fingerprint density at radius 1 is 1.12 bits per heavy atom. The molecule has 2 aliphatic rings. The molecule has 0 radical (unpaired) electrons. The Morgan fingerprint density at radius 2 is 1.73 bits per heavy atom. The van der Waals surface area contributed by atoms with Crippen molar-refractivity contribution in [2.75, 3.05) is 13.1 Å². The van der Waals surface area contributed by atoms with E-state index in [1.165, 1.54) is 27.4 Å². The first-order valence-corrected chi connectivity index (χ1v) is 10.4. The van der Waals surface area contributed by atoms with Gasteiger partial charge in [-0.15, -0.1) is 0 Å². The van der Waals surface area contributed by atoms with Crippen LogP contribution in [0, 0.1) is 0 Å². The first kappa shape index (κ1) is 19.4. The number of sulfonamides is 1. The van der Waals surface area contributed by atoms with Crippen molar-refractivity contribution in [3.63, 3.8) is 0 Å². The van der Waals surface area contributed by atoms with E-state index < -0.39 is 21.6 Å². The number of nitrogens with zero attached hydrogens (tertiary/aromatic N) is 2. The van der Waals surface area contributed by atoms with E-state index in [0.29, 0.717) is 0 Å². The number of benzene rings is 1. The number of amides is 3. The highest BCUT2D eigenvalue weighted by Crippen LogP contribution is 2.33. The van der Waals surface area contributed by atoms with Crippen molar-refractivity contribution in [2.24, 2.45) is 0 Å². The SMILES string of the molecule is CC(C)N1C(=O)NC2(CCN(S(=O)(=O)c3ccc(Cl)c(Cl)c3)CC2)C1=O. The summed E-state index contributed by atoms with van der Waals surface area (Å²) in [6.07, 6.45) is 0.447. The number of hydrogen-bond acceptors (Lipinski definition) is 4. The lowest BCUT2D eigenvalue weighted by molar-refractivity contribution is -0.133. The van der Waals surface area contributed by atoms with Gasteiger partial charge in [0.2, 0.25) is 10.0 Å². The Labute approximate surface area is 162 Å². The van der Waals surface area contributed by atoms with Crippen molar-refractivity contribution in [3.8, 4) is 0 Å². The van der Waals surface area contributed by atoms with E-state index >= 15 is 0 Å². The molecule has 3 amide bonds. The lowest BCUT2D eigenvalue weighted by Crippen LogP contribution is -2.56. The number of halogens is 2. The van der Waals surface area contributed by atoms with Crippen LogP contribution in [0.3, 0.4) is 0 Å². The van der Waals surface area contributed by atoms with Gasteiger partial charge in [-0.25, -0.2) is 13.2 Å². The molecule has 2 fully saturated rings. The van der Waals surface area contributed by atoms with Crippen LogP contribution in [-0.4, -0.2) is 54.2 Å². The van der Waals surface area contributed by atoms with Crippen LogP contribution in [-0.2, 0) is 14.8 Å². The highest BCUT2D eigenvalue weighted by Gasteiger charge is 2.53. The molecule has 2 aliphatic heterocycles. The van der Waals surface area contributed by atoms with E-state index in [2.05, 4.69) is 5.32 Å². The van der Waals surface area contributed by atoms with Gasteiger partial charge in [-0.1, -0.05) is 23.2 Å². The normalized spacial score (nSPS) is 20.9. The fourth-order valence-corrected chi connectivity index (χ4v) is 5.17. The minimum atomic E-state index is -3.76. The molecule has 1 N–H and O–H groups in total. The Kier molecular flexibility index (Phi) is 4.98. The van der Waals surface area contributed by atoms with Gasteiger partial charge in [0.25, 0.3) is 5.91 Å². The second-order valence-electron chi connectivity index (χ2n) is 6.76. The van der Waals surface area contributed by atoms with Crippen molar-refractivity contribution in [1.82, 2.24) is 14.5 Å². The van der Waals surface area contributed by atoms with Crippen LogP contribution in [0.15, 0.2) is 23.1 Å². The lowest BCUT2D eigenvalue weighted by atomic mass is 9.88. The molecule has 10 heteroatoms.